The summed E-state index contributed by atoms with van der Waals surface area (Å²) in [5.41, 5.74) is 0.628. The van der Waals surface area contributed by atoms with Crippen LogP contribution >= 0.6 is 23.2 Å². The average Bonchev–Trinajstić information content (AvgIpc) is 2.14. The van der Waals surface area contributed by atoms with E-state index in [9.17, 15) is 4.79 Å². The topological polar surface area (TPSA) is 26.3 Å². The second-order valence-electron chi connectivity index (χ2n) is 1.63. The first-order chi connectivity index (χ1) is 4.20. The molecule has 50 valence electrons. The molecular formula is C5H4Cl2O2. The summed E-state index contributed by atoms with van der Waals surface area (Å²) in [7, 11) is 0. The SMILES string of the molecule is O=C1C=C(C(Cl)Cl)CO1. The lowest BCUT2D eigenvalue weighted by molar-refractivity contribution is -0.134. The van der Waals surface area contributed by atoms with Crippen LogP contribution in [0.1, 0.15) is 0 Å². The summed E-state index contributed by atoms with van der Waals surface area (Å²) in [5, 5.41) is 0. The van der Waals surface area contributed by atoms with Crippen LogP contribution in [0, 0.1) is 0 Å². The minimum atomic E-state index is -0.614. The second kappa shape index (κ2) is 2.58. The molecule has 1 rings (SSSR count). The molecule has 4 heteroatoms. The maximum Gasteiger partial charge on any atom is 0.331 e. The van der Waals surface area contributed by atoms with E-state index in [1.807, 2.05) is 0 Å². The third-order valence-corrected chi connectivity index (χ3v) is 1.53. The Bertz CT molecular complexity index is 162. The number of rotatable bonds is 1. The fourth-order valence-electron chi connectivity index (χ4n) is 0.515. The van der Waals surface area contributed by atoms with Crippen molar-refractivity contribution in [2.45, 2.75) is 4.84 Å². The fourth-order valence-corrected chi connectivity index (χ4v) is 0.767. The molecule has 2 nitrogen and oxygen atoms in total. The van der Waals surface area contributed by atoms with Crippen LogP contribution in [0.25, 0.3) is 0 Å². The molecule has 0 radical (unpaired) electrons. The highest BCUT2D eigenvalue weighted by atomic mass is 35.5. The number of hydrogen-bond acceptors (Lipinski definition) is 2. The van der Waals surface area contributed by atoms with Gasteiger partial charge in [0.25, 0.3) is 0 Å². The summed E-state index contributed by atoms with van der Waals surface area (Å²) < 4.78 is 4.53. The lowest BCUT2D eigenvalue weighted by Gasteiger charge is -1.96. The number of ether oxygens (including phenoxy) is 1. The lowest BCUT2D eigenvalue weighted by atomic mass is 10.3. The van der Waals surface area contributed by atoms with Crippen LogP contribution in [0.15, 0.2) is 11.6 Å². The number of carbonyl (C=O) groups excluding carboxylic acids is 1. The maximum absolute atomic E-state index is 10.3. The van der Waals surface area contributed by atoms with Gasteiger partial charge in [-0.2, -0.15) is 0 Å². The molecule has 0 aliphatic carbocycles. The maximum atomic E-state index is 10.3. The van der Waals surface area contributed by atoms with Crippen LogP contribution in [0.2, 0.25) is 0 Å². The number of esters is 1. The van der Waals surface area contributed by atoms with Crippen molar-refractivity contribution in [1.82, 2.24) is 0 Å². The first-order valence-corrected chi connectivity index (χ1v) is 3.23. The van der Waals surface area contributed by atoms with Crippen LogP contribution in [0.5, 0.6) is 0 Å². The van der Waals surface area contributed by atoms with Crippen molar-refractivity contribution in [1.29, 1.82) is 0 Å². The zero-order valence-electron chi connectivity index (χ0n) is 4.43. The van der Waals surface area contributed by atoms with Crippen LogP contribution in [0.3, 0.4) is 0 Å². The zero-order chi connectivity index (χ0) is 6.85. The van der Waals surface area contributed by atoms with Crippen LogP contribution in [-0.4, -0.2) is 17.4 Å². The van der Waals surface area contributed by atoms with Gasteiger partial charge in [0.2, 0.25) is 0 Å². The number of cyclic esters (lactones) is 1. The van der Waals surface area contributed by atoms with Gasteiger partial charge in [-0.1, -0.05) is 0 Å². The van der Waals surface area contributed by atoms with Gasteiger partial charge < -0.3 is 4.74 Å². The van der Waals surface area contributed by atoms with E-state index in [0.29, 0.717) is 5.57 Å². The predicted octanol–water partition coefficient (Wildman–Crippen LogP) is 1.27. The summed E-state index contributed by atoms with van der Waals surface area (Å²) in [4.78, 5) is 9.73. The van der Waals surface area contributed by atoms with Gasteiger partial charge in [0.15, 0.2) is 0 Å². The molecule has 9 heavy (non-hydrogen) atoms. The number of alkyl halides is 2. The molecule has 0 saturated carbocycles. The molecular weight excluding hydrogens is 163 g/mol. The van der Waals surface area contributed by atoms with Gasteiger partial charge >= 0.3 is 5.97 Å². The van der Waals surface area contributed by atoms with Gasteiger partial charge in [0.05, 0.1) is 0 Å². The molecule has 0 bridgehead atoms. The molecule has 1 aliphatic rings. The van der Waals surface area contributed by atoms with Gasteiger partial charge in [-0.15, -0.1) is 23.2 Å². The molecule has 1 aliphatic heterocycles. The Morgan fingerprint density at radius 3 is 2.56 bits per heavy atom. The Morgan fingerprint density at radius 1 is 1.67 bits per heavy atom. The van der Waals surface area contributed by atoms with E-state index in [0.717, 1.165) is 0 Å². The third-order valence-electron chi connectivity index (χ3n) is 0.965. The van der Waals surface area contributed by atoms with Gasteiger partial charge in [-0.05, 0) is 0 Å². The smallest absolute Gasteiger partial charge is 0.331 e. The van der Waals surface area contributed by atoms with E-state index in [4.69, 9.17) is 23.2 Å². The Kier molecular flexibility index (Phi) is 1.98. The van der Waals surface area contributed by atoms with Gasteiger partial charge in [-0.3, -0.25) is 0 Å². The summed E-state index contributed by atoms with van der Waals surface area (Å²) in [5.74, 6) is -0.365. The van der Waals surface area contributed by atoms with Crippen molar-refractivity contribution in [3.8, 4) is 0 Å². The molecule has 0 aromatic heterocycles. The number of carbonyl (C=O) groups is 1. The number of halogens is 2. The van der Waals surface area contributed by atoms with E-state index >= 15 is 0 Å². The van der Waals surface area contributed by atoms with Crippen molar-refractivity contribution in [3.05, 3.63) is 11.6 Å². The summed E-state index contributed by atoms with van der Waals surface area (Å²) in [6.45, 7) is 0.233. The second-order valence-corrected chi connectivity index (χ2v) is 2.72. The van der Waals surface area contributed by atoms with E-state index in [-0.39, 0.29) is 12.6 Å². The van der Waals surface area contributed by atoms with Crippen molar-refractivity contribution in [3.63, 3.8) is 0 Å². The van der Waals surface area contributed by atoms with Crippen LogP contribution in [0.4, 0.5) is 0 Å². The first kappa shape index (κ1) is 6.90. The quantitative estimate of drug-likeness (QED) is 0.434. The zero-order valence-corrected chi connectivity index (χ0v) is 5.95. The van der Waals surface area contributed by atoms with Crippen LogP contribution in [-0.2, 0) is 9.53 Å². The average molecular weight is 167 g/mol. The minimum absolute atomic E-state index is 0.233. The van der Waals surface area contributed by atoms with Gasteiger partial charge in [0.1, 0.15) is 11.4 Å². The Labute approximate surface area is 62.4 Å². The Balaban J connectivity index is 2.62. The summed E-state index contributed by atoms with van der Waals surface area (Å²) in [6.07, 6.45) is 1.31. The van der Waals surface area contributed by atoms with E-state index in [1.165, 1.54) is 6.08 Å². The highest BCUT2D eigenvalue weighted by Crippen LogP contribution is 2.18. The number of hydrogen-bond donors (Lipinski definition) is 0. The monoisotopic (exact) mass is 166 g/mol. The molecule has 0 saturated heterocycles. The first-order valence-electron chi connectivity index (χ1n) is 2.35. The highest BCUT2D eigenvalue weighted by molar-refractivity contribution is 6.46. The standard InChI is InChI=1S/C5H4Cl2O2/c6-5(7)3-1-4(8)9-2-3/h1,5H,2H2. The molecule has 1 heterocycles. The Hall–Kier alpha value is -0.210. The molecule has 0 unspecified atom stereocenters. The lowest BCUT2D eigenvalue weighted by Crippen LogP contribution is -1.96. The fraction of sp³-hybridized carbons (Fsp3) is 0.400. The van der Waals surface area contributed by atoms with E-state index in [1.54, 1.807) is 0 Å². The molecule has 0 fully saturated rings. The summed E-state index contributed by atoms with van der Waals surface area (Å²) >= 11 is 10.8. The largest absolute Gasteiger partial charge is 0.458 e. The molecule has 0 atom stereocenters. The molecule has 0 N–H and O–H groups in total. The van der Waals surface area contributed by atoms with Gasteiger partial charge in [0, 0.05) is 11.6 Å². The van der Waals surface area contributed by atoms with Crippen molar-refractivity contribution < 1.29 is 9.53 Å². The molecule has 0 aromatic rings. The van der Waals surface area contributed by atoms with Crippen molar-refractivity contribution in [2.75, 3.05) is 6.61 Å². The molecule has 0 aromatic carbocycles. The highest BCUT2D eigenvalue weighted by Gasteiger charge is 2.17. The minimum Gasteiger partial charge on any atom is -0.458 e. The molecule has 0 spiro atoms. The molecule has 0 amide bonds. The van der Waals surface area contributed by atoms with E-state index in [2.05, 4.69) is 4.74 Å². The predicted molar refractivity (Wildman–Crippen MR) is 34.5 cm³/mol. The summed E-state index contributed by atoms with van der Waals surface area (Å²) in [6, 6.07) is 0. The van der Waals surface area contributed by atoms with Crippen molar-refractivity contribution >= 4 is 29.2 Å². The Morgan fingerprint density at radius 2 is 2.33 bits per heavy atom. The van der Waals surface area contributed by atoms with Crippen molar-refractivity contribution in [2.24, 2.45) is 0 Å². The normalized spacial score (nSPS) is 18.1. The van der Waals surface area contributed by atoms with Gasteiger partial charge in [-0.25, -0.2) is 4.79 Å². The van der Waals surface area contributed by atoms with E-state index < -0.39 is 4.84 Å². The third kappa shape index (κ3) is 1.60. The van der Waals surface area contributed by atoms with Crippen LogP contribution < -0.4 is 0 Å².